The molecule has 0 N–H and O–H groups in total. The Kier molecular flexibility index (Phi) is 15.8. The van der Waals surface area contributed by atoms with Crippen LogP contribution in [0.25, 0.3) is 0 Å². The molecule has 0 aromatic rings. The zero-order chi connectivity index (χ0) is 21.2. The van der Waals surface area contributed by atoms with Crippen LogP contribution in [0.3, 0.4) is 0 Å². The molecule has 0 unspecified atom stereocenters. The molecule has 1 aliphatic rings. The highest BCUT2D eigenvalue weighted by Crippen LogP contribution is 2.21. The van der Waals surface area contributed by atoms with Gasteiger partial charge in [0.25, 0.3) is 0 Å². The van der Waals surface area contributed by atoms with Gasteiger partial charge in [0.1, 0.15) is 11.9 Å². The van der Waals surface area contributed by atoms with E-state index in [-0.39, 0.29) is 12.1 Å². The summed E-state index contributed by atoms with van der Waals surface area (Å²) < 4.78 is 5.39. The van der Waals surface area contributed by atoms with Crippen LogP contribution >= 0.6 is 0 Å². The maximum absolute atomic E-state index is 11.9. The van der Waals surface area contributed by atoms with Crippen LogP contribution in [0.4, 0.5) is 0 Å². The normalized spacial score (nSPS) is 18.8. The number of hydrogen-bond acceptors (Lipinski definition) is 3. The summed E-state index contributed by atoms with van der Waals surface area (Å²) in [6.07, 6.45) is 24.9. The van der Waals surface area contributed by atoms with Crippen molar-refractivity contribution >= 4 is 11.8 Å². The van der Waals surface area contributed by atoms with E-state index in [2.05, 4.69) is 13.8 Å². The van der Waals surface area contributed by atoms with Gasteiger partial charge in [0.05, 0.1) is 0 Å². The quantitative estimate of drug-likeness (QED) is 0.163. The molecule has 0 amide bonds. The van der Waals surface area contributed by atoms with Gasteiger partial charge in [-0.25, -0.2) is 4.79 Å². The first-order valence-corrected chi connectivity index (χ1v) is 12.5. The molecular weight excluding hydrogens is 360 g/mol. The predicted molar refractivity (Wildman–Crippen MR) is 122 cm³/mol. The third kappa shape index (κ3) is 14.5. The number of unbranched alkanes of at least 4 members (excludes halogenated alkanes) is 13. The number of rotatable bonds is 19. The highest BCUT2D eigenvalue weighted by molar-refractivity contribution is 5.82. The van der Waals surface area contributed by atoms with Crippen LogP contribution in [-0.4, -0.2) is 17.9 Å². The monoisotopic (exact) mass is 406 g/mol. The molecule has 29 heavy (non-hydrogen) atoms. The number of cyclic esters (lactones) is 1. The summed E-state index contributed by atoms with van der Waals surface area (Å²) in [5, 5.41) is 0. The molecule has 2 atom stereocenters. The van der Waals surface area contributed by atoms with Crippen molar-refractivity contribution in [2.24, 2.45) is 5.92 Å². The molecule has 0 fully saturated rings. The molecule has 168 valence electrons. The maximum atomic E-state index is 11.9. The van der Waals surface area contributed by atoms with Crippen molar-refractivity contribution < 1.29 is 14.3 Å². The van der Waals surface area contributed by atoms with Gasteiger partial charge in [-0.1, -0.05) is 97.0 Å². The van der Waals surface area contributed by atoms with Crippen molar-refractivity contribution in [1.29, 1.82) is 0 Å². The Bertz CT molecular complexity index is 455. The second-order valence-corrected chi connectivity index (χ2v) is 8.97. The van der Waals surface area contributed by atoms with E-state index in [9.17, 15) is 9.59 Å². The van der Waals surface area contributed by atoms with Crippen molar-refractivity contribution in [2.45, 2.75) is 136 Å². The smallest absolute Gasteiger partial charge is 0.330 e. The molecule has 0 saturated carbocycles. The molecule has 0 aromatic heterocycles. The summed E-state index contributed by atoms with van der Waals surface area (Å²) in [5.74, 6) is 0.650. The Hall–Kier alpha value is -1.12. The average molecular weight is 407 g/mol. The van der Waals surface area contributed by atoms with Crippen LogP contribution in [0, 0.1) is 5.92 Å². The largest absolute Gasteiger partial charge is 0.459 e. The molecular formula is C26H46O3. The molecule has 0 aromatic carbocycles. The predicted octanol–water partition coefficient (Wildman–Crippen LogP) is 7.71. The van der Waals surface area contributed by atoms with E-state index in [0.29, 0.717) is 11.7 Å². The van der Waals surface area contributed by atoms with Gasteiger partial charge in [0.2, 0.25) is 0 Å². The van der Waals surface area contributed by atoms with Crippen molar-refractivity contribution in [3.63, 3.8) is 0 Å². The highest BCUT2D eigenvalue weighted by Gasteiger charge is 2.22. The van der Waals surface area contributed by atoms with E-state index in [4.69, 9.17) is 4.74 Å². The molecule has 0 aliphatic carbocycles. The molecule has 0 spiro atoms. The van der Waals surface area contributed by atoms with Gasteiger partial charge in [0.15, 0.2) is 0 Å². The third-order valence-electron chi connectivity index (χ3n) is 6.14. The van der Waals surface area contributed by atoms with Gasteiger partial charge < -0.3 is 4.74 Å². The number of ketones is 1. The molecule has 1 heterocycles. The van der Waals surface area contributed by atoms with Crippen LogP contribution < -0.4 is 0 Å². The van der Waals surface area contributed by atoms with Crippen molar-refractivity contribution in [1.82, 2.24) is 0 Å². The molecule has 0 bridgehead atoms. The van der Waals surface area contributed by atoms with Crippen LogP contribution in [0.15, 0.2) is 12.2 Å². The molecule has 3 nitrogen and oxygen atoms in total. The van der Waals surface area contributed by atoms with Gasteiger partial charge in [-0.2, -0.15) is 0 Å². The minimum atomic E-state index is -0.183. The second-order valence-electron chi connectivity index (χ2n) is 8.97. The Morgan fingerprint density at radius 1 is 0.793 bits per heavy atom. The molecule has 0 radical (unpaired) electrons. The summed E-state index contributed by atoms with van der Waals surface area (Å²) in [4.78, 5) is 23.2. The summed E-state index contributed by atoms with van der Waals surface area (Å²) in [5.41, 5.74) is 0. The zero-order valence-electron chi connectivity index (χ0n) is 19.3. The number of hydrogen-bond donors (Lipinski definition) is 0. The summed E-state index contributed by atoms with van der Waals surface area (Å²) in [6.45, 7) is 4.36. The summed E-state index contributed by atoms with van der Waals surface area (Å²) in [6, 6.07) is 0. The van der Waals surface area contributed by atoms with Gasteiger partial charge in [0, 0.05) is 24.8 Å². The summed E-state index contributed by atoms with van der Waals surface area (Å²) >= 11 is 0. The van der Waals surface area contributed by atoms with Crippen molar-refractivity contribution in [3.05, 3.63) is 12.2 Å². The lowest BCUT2D eigenvalue weighted by atomic mass is 9.96. The van der Waals surface area contributed by atoms with E-state index in [0.717, 1.165) is 38.5 Å². The number of Topliss-reactive ketones (excluding diaryl/α,β-unsaturated/α-hetero) is 1. The number of carbonyl (C=O) groups is 2. The molecule has 0 saturated heterocycles. The Balaban J connectivity index is 1.80. The lowest BCUT2D eigenvalue weighted by molar-refractivity contribution is -0.146. The minimum Gasteiger partial charge on any atom is -0.459 e. The van der Waals surface area contributed by atoms with Gasteiger partial charge >= 0.3 is 5.97 Å². The Morgan fingerprint density at radius 2 is 1.28 bits per heavy atom. The van der Waals surface area contributed by atoms with Gasteiger partial charge in [-0.05, 0) is 25.7 Å². The van der Waals surface area contributed by atoms with Crippen LogP contribution in [-0.2, 0) is 14.3 Å². The molecule has 1 aliphatic heterocycles. The van der Waals surface area contributed by atoms with Crippen molar-refractivity contribution in [2.75, 3.05) is 0 Å². The van der Waals surface area contributed by atoms with Gasteiger partial charge in [-0.15, -0.1) is 0 Å². The van der Waals surface area contributed by atoms with E-state index in [1.165, 1.54) is 77.0 Å². The lowest BCUT2D eigenvalue weighted by Gasteiger charge is -2.24. The fraction of sp³-hybridized carbons (Fsp3) is 0.846. The van der Waals surface area contributed by atoms with E-state index < -0.39 is 0 Å². The number of esters is 1. The second kappa shape index (κ2) is 17.7. The fourth-order valence-corrected chi connectivity index (χ4v) is 4.10. The van der Waals surface area contributed by atoms with E-state index in [1.807, 2.05) is 6.08 Å². The van der Waals surface area contributed by atoms with Crippen molar-refractivity contribution in [3.8, 4) is 0 Å². The molecule has 1 rings (SSSR count). The first-order chi connectivity index (χ1) is 14.1. The standard InChI is InChI=1S/C26H46O3/c1-3-4-5-6-12-15-18-24(27)19-16-13-10-8-7-9-11-14-17-20-25-23(2)21-22-26(28)29-25/h21-23,25H,3-20H2,1-2H3/t23-,25-/m0/s1. The Morgan fingerprint density at radius 3 is 1.83 bits per heavy atom. The Labute approximate surface area is 180 Å². The van der Waals surface area contributed by atoms with Gasteiger partial charge in [-0.3, -0.25) is 4.79 Å². The topological polar surface area (TPSA) is 43.4 Å². The molecule has 3 heteroatoms. The number of carbonyl (C=O) groups excluding carboxylic acids is 2. The lowest BCUT2D eigenvalue weighted by Crippen LogP contribution is -2.27. The third-order valence-corrected chi connectivity index (χ3v) is 6.14. The fourth-order valence-electron chi connectivity index (χ4n) is 4.10. The van der Waals surface area contributed by atoms with Crippen LogP contribution in [0.1, 0.15) is 129 Å². The van der Waals surface area contributed by atoms with Crippen LogP contribution in [0.5, 0.6) is 0 Å². The highest BCUT2D eigenvalue weighted by atomic mass is 16.5. The van der Waals surface area contributed by atoms with E-state index in [1.54, 1.807) is 6.08 Å². The SMILES string of the molecule is CCCCCCCCC(=O)CCCCCCCCCCC[C@@H]1OC(=O)C=C[C@@H]1C. The average Bonchev–Trinajstić information content (AvgIpc) is 2.71. The van der Waals surface area contributed by atoms with E-state index >= 15 is 0 Å². The summed E-state index contributed by atoms with van der Waals surface area (Å²) in [7, 11) is 0. The first kappa shape index (κ1) is 25.9. The maximum Gasteiger partial charge on any atom is 0.330 e. The first-order valence-electron chi connectivity index (χ1n) is 12.5. The zero-order valence-corrected chi connectivity index (χ0v) is 19.3. The minimum absolute atomic E-state index is 0.0799. The number of ether oxygens (including phenoxy) is 1. The van der Waals surface area contributed by atoms with Crippen LogP contribution in [0.2, 0.25) is 0 Å².